The minimum Gasteiger partial charge on any atom is -0.329 e. The van der Waals surface area contributed by atoms with E-state index < -0.39 is 10.1 Å². The van der Waals surface area contributed by atoms with Gasteiger partial charge in [0.05, 0.1) is 17.9 Å². The van der Waals surface area contributed by atoms with Crippen molar-refractivity contribution >= 4 is 27.4 Å². The van der Waals surface area contributed by atoms with Crippen molar-refractivity contribution in [1.82, 2.24) is 0 Å². The molecule has 0 spiro atoms. The Kier molecular flexibility index (Phi) is 5.81. The molecule has 0 saturated heterocycles. The van der Waals surface area contributed by atoms with Crippen molar-refractivity contribution in [3.63, 3.8) is 0 Å². The van der Waals surface area contributed by atoms with Crippen LogP contribution in [0.15, 0.2) is 35.4 Å². The highest BCUT2D eigenvalue weighted by molar-refractivity contribution is 7.85. The van der Waals surface area contributed by atoms with E-state index in [0.717, 1.165) is 11.4 Å². The van der Waals surface area contributed by atoms with E-state index in [4.69, 9.17) is 10.3 Å². The van der Waals surface area contributed by atoms with Crippen LogP contribution in [0.4, 0.5) is 5.69 Å². The lowest BCUT2D eigenvalue weighted by Crippen LogP contribution is -2.19. The molecule has 1 heterocycles. The maximum absolute atomic E-state index is 11.4. The summed E-state index contributed by atoms with van der Waals surface area (Å²) in [6.45, 7) is 1.83. The Bertz CT molecular complexity index is 584. The molecule has 0 aliphatic carbocycles. The van der Waals surface area contributed by atoms with Gasteiger partial charge in [0.15, 0.2) is 0 Å². The fourth-order valence-corrected chi connectivity index (χ4v) is 1.77. The highest BCUT2D eigenvalue weighted by atomic mass is 32.2. The Balaban J connectivity index is 0.000000246. The number of anilines is 1. The molecule has 0 atom stereocenters. The lowest BCUT2D eigenvalue weighted by Gasteiger charge is -2.10. The average molecular weight is 299 g/mol. The van der Waals surface area contributed by atoms with E-state index in [2.05, 4.69) is 5.10 Å². The first kappa shape index (κ1) is 16.3. The summed E-state index contributed by atoms with van der Waals surface area (Å²) in [7, 11) is -3.80. The van der Waals surface area contributed by atoms with Crippen LogP contribution >= 0.6 is 0 Å². The minimum absolute atomic E-state index is 0.0289. The van der Waals surface area contributed by atoms with Crippen LogP contribution in [0, 0.1) is 0 Å². The zero-order chi connectivity index (χ0) is 15.2. The van der Waals surface area contributed by atoms with Gasteiger partial charge in [0.1, 0.15) is 0 Å². The smallest absolute Gasteiger partial charge is 0.266 e. The van der Waals surface area contributed by atoms with E-state index in [0.29, 0.717) is 6.42 Å². The fraction of sp³-hybridized carbons (Fsp3) is 0.333. The number of benzene rings is 1. The molecule has 0 fully saturated rings. The van der Waals surface area contributed by atoms with Crippen molar-refractivity contribution in [2.45, 2.75) is 13.3 Å². The van der Waals surface area contributed by atoms with Gasteiger partial charge in [-0.05, 0) is 19.1 Å². The van der Waals surface area contributed by atoms with E-state index in [-0.39, 0.29) is 18.2 Å². The normalized spacial score (nSPS) is 14.7. The van der Waals surface area contributed by atoms with Gasteiger partial charge in [-0.25, -0.2) is 5.01 Å². The summed E-state index contributed by atoms with van der Waals surface area (Å²) >= 11 is 0. The summed E-state index contributed by atoms with van der Waals surface area (Å²) in [6.07, 6.45) is 0.439. The number of amides is 1. The van der Waals surface area contributed by atoms with Crippen LogP contribution < -0.4 is 10.7 Å². The molecule has 2 rings (SSSR count). The quantitative estimate of drug-likeness (QED) is 0.795. The third-order valence-electron chi connectivity index (χ3n) is 2.29. The molecule has 0 unspecified atom stereocenters. The third kappa shape index (κ3) is 5.47. The first-order valence-corrected chi connectivity index (χ1v) is 7.51. The second kappa shape index (κ2) is 7.13. The molecule has 8 heteroatoms. The number of nitrogens with two attached hydrogens (primary N) is 1. The molecule has 0 aromatic heterocycles. The lowest BCUT2D eigenvalue weighted by atomic mass is 10.3. The molecule has 3 N–H and O–H groups in total. The lowest BCUT2D eigenvalue weighted by molar-refractivity contribution is -0.116. The first-order valence-electron chi connectivity index (χ1n) is 5.91. The predicted molar refractivity (Wildman–Crippen MR) is 77.1 cm³/mol. The van der Waals surface area contributed by atoms with E-state index in [1.165, 1.54) is 5.01 Å². The van der Waals surface area contributed by atoms with Crippen LogP contribution in [-0.4, -0.2) is 36.9 Å². The van der Waals surface area contributed by atoms with Gasteiger partial charge in [-0.2, -0.15) is 13.5 Å². The monoisotopic (exact) mass is 299 g/mol. The number of nitrogens with zero attached hydrogens (tertiary/aromatic N) is 2. The highest BCUT2D eigenvalue weighted by Gasteiger charge is 2.21. The van der Waals surface area contributed by atoms with Gasteiger partial charge in [-0.3, -0.25) is 9.35 Å². The number of hydrazone groups is 1. The van der Waals surface area contributed by atoms with Gasteiger partial charge in [-0.15, -0.1) is 0 Å². The molecule has 1 aliphatic rings. The van der Waals surface area contributed by atoms with Gasteiger partial charge < -0.3 is 5.73 Å². The molecular weight excluding hydrogens is 282 g/mol. The van der Waals surface area contributed by atoms with E-state index in [1.807, 2.05) is 37.3 Å². The zero-order valence-electron chi connectivity index (χ0n) is 11.1. The molecule has 1 aromatic rings. The van der Waals surface area contributed by atoms with E-state index in [9.17, 15) is 13.2 Å². The maximum Gasteiger partial charge on any atom is 0.266 e. The van der Waals surface area contributed by atoms with Crippen molar-refractivity contribution in [1.29, 1.82) is 0 Å². The molecule has 7 nitrogen and oxygen atoms in total. The SMILES string of the molecule is CC1=NN(c2ccccc2)C(=O)C1.NCCS(=O)(=O)O. The van der Waals surface area contributed by atoms with Crippen molar-refractivity contribution in [3.05, 3.63) is 30.3 Å². The zero-order valence-corrected chi connectivity index (χ0v) is 11.9. The summed E-state index contributed by atoms with van der Waals surface area (Å²) in [6, 6.07) is 9.46. The number of hydrogen-bond acceptors (Lipinski definition) is 5. The van der Waals surface area contributed by atoms with Crippen LogP contribution in [0.3, 0.4) is 0 Å². The van der Waals surface area contributed by atoms with Crippen LogP contribution in [0.2, 0.25) is 0 Å². The van der Waals surface area contributed by atoms with Gasteiger partial charge in [-0.1, -0.05) is 18.2 Å². The van der Waals surface area contributed by atoms with E-state index >= 15 is 0 Å². The molecule has 20 heavy (non-hydrogen) atoms. The second-order valence-corrected chi connectivity index (χ2v) is 5.70. The van der Waals surface area contributed by atoms with Crippen molar-refractivity contribution in [2.24, 2.45) is 10.8 Å². The van der Waals surface area contributed by atoms with Gasteiger partial charge >= 0.3 is 0 Å². The van der Waals surface area contributed by atoms with Crippen LogP contribution in [-0.2, 0) is 14.9 Å². The van der Waals surface area contributed by atoms with Gasteiger partial charge in [0, 0.05) is 12.3 Å². The Labute approximate surface area is 117 Å². The molecule has 1 aliphatic heterocycles. The van der Waals surface area contributed by atoms with Crippen LogP contribution in [0.1, 0.15) is 13.3 Å². The largest absolute Gasteiger partial charge is 0.329 e. The second-order valence-electron chi connectivity index (χ2n) is 4.13. The molecule has 0 bridgehead atoms. The van der Waals surface area contributed by atoms with Crippen molar-refractivity contribution in [3.8, 4) is 0 Å². The standard InChI is InChI=1S/C10H10N2O.C2H7NO3S/c1-8-7-10(13)12(11-8)9-5-3-2-4-6-9;3-1-2-7(4,5)6/h2-6H,7H2,1H3;1-3H2,(H,4,5,6). The Morgan fingerprint density at radius 1 is 1.35 bits per heavy atom. The Morgan fingerprint density at radius 3 is 2.30 bits per heavy atom. The number of rotatable bonds is 3. The van der Waals surface area contributed by atoms with E-state index in [1.54, 1.807) is 0 Å². The number of carbonyl (C=O) groups is 1. The molecule has 1 amide bonds. The molecule has 1 aromatic carbocycles. The summed E-state index contributed by atoms with van der Waals surface area (Å²) < 4.78 is 27.3. The number of hydrogen-bond donors (Lipinski definition) is 2. The molecule has 0 saturated carbocycles. The predicted octanol–water partition coefficient (Wildman–Crippen LogP) is 0.632. The summed E-state index contributed by atoms with van der Waals surface area (Å²) in [5.41, 5.74) is 6.48. The molecular formula is C12H17N3O4S. The topological polar surface area (TPSA) is 113 Å². The Hall–Kier alpha value is -1.77. The fourth-order valence-electron chi connectivity index (χ4n) is 1.48. The molecule has 0 radical (unpaired) electrons. The van der Waals surface area contributed by atoms with Crippen molar-refractivity contribution in [2.75, 3.05) is 17.3 Å². The van der Waals surface area contributed by atoms with Gasteiger partial charge in [0.2, 0.25) is 0 Å². The average Bonchev–Trinajstić information content (AvgIpc) is 2.69. The maximum atomic E-state index is 11.4. The van der Waals surface area contributed by atoms with Crippen LogP contribution in [0.5, 0.6) is 0 Å². The molecule has 110 valence electrons. The highest BCUT2D eigenvalue weighted by Crippen LogP contribution is 2.19. The minimum atomic E-state index is -3.80. The summed E-state index contributed by atoms with van der Waals surface area (Å²) in [5, 5.41) is 5.59. The summed E-state index contributed by atoms with van der Waals surface area (Å²) in [4.78, 5) is 11.4. The third-order valence-corrected chi connectivity index (χ3v) is 3.04. The Morgan fingerprint density at radius 2 is 1.95 bits per heavy atom. The van der Waals surface area contributed by atoms with Crippen LogP contribution in [0.25, 0.3) is 0 Å². The number of para-hydroxylation sites is 1. The van der Waals surface area contributed by atoms with Crippen molar-refractivity contribution < 1.29 is 17.8 Å². The first-order chi connectivity index (χ1) is 9.33. The van der Waals surface area contributed by atoms with Gasteiger partial charge in [0.25, 0.3) is 16.0 Å². The number of carbonyl (C=O) groups excluding carboxylic acids is 1. The summed E-state index contributed by atoms with van der Waals surface area (Å²) in [5.74, 6) is -0.309.